The summed E-state index contributed by atoms with van der Waals surface area (Å²) < 4.78 is 72.6. The highest BCUT2D eigenvalue weighted by Gasteiger charge is 2.37. The van der Waals surface area contributed by atoms with Crippen LogP contribution in [0, 0.1) is 0 Å². The van der Waals surface area contributed by atoms with Crippen molar-refractivity contribution in [2.75, 3.05) is 11.6 Å². The van der Waals surface area contributed by atoms with E-state index in [0.29, 0.717) is 17.1 Å². The number of aromatic nitrogens is 2. The number of carbonyl (C=O) groups excluding carboxylic acids is 2. The molecule has 2 aromatic carbocycles. The second-order valence-electron chi connectivity index (χ2n) is 8.99. The third kappa shape index (κ3) is 6.52. The largest absolute Gasteiger partial charge is 0.461 e. The van der Waals surface area contributed by atoms with Crippen LogP contribution >= 0.6 is 0 Å². The number of hydrogen-bond acceptors (Lipinski definition) is 9. The van der Waals surface area contributed by atoms with Crippen LogP contribution in [0.15, 0.2) is 98.1 Å². The van der Waals surface area contributed by atoms with E-state index in [1.54, 1.807) is 13.8 Å². The maximum atomic E-state index is 13.3. The molecule has 0 bridgehead atoms. The highest BCUT2D eigenvalue weighted by molar-refractivity contribution is 7.86. The molecule has 1 amide bonds. The van der Waals surface area contributed by atoms with Crippen molar-refractivity contribution in [3.8, 4) is 5.69 Å². The number of hydrogen-bond donors (Lipinski definition) is 3. The monoisotopic (exact) mass is 642 g/mol. The van der Waals surface area contributed by atoms with Crippen molar-refractivity contribution >= 4 is 49.6 Å². The highest BCUT2D eigenvalue weighted by Crippen LogP contribution is 2.30. The molecular weight excluding hydrogens is 616 g/mol. The fourth-order valence-corrected chi connectivity index (χ4v) is 5.61. The van der Waals surface area contributed by atoms with Gasteiger partial charge in [-0.25, -0.2) is 9.48 Å². The van der Waals surface area contributed by atoms with Gasteiger partial charge in [-0.1, -0.05) is 49.4 Å². The van der Waals surface area contributed by atoms with Crippen molar-refractivity contribution in [3.05, 3.63) is 100 Å². The van der Waals surface area contributed by atoms with Crippen LogP contribution in [0.5, 0.6) is 0 Å². The minimum absolute atomic E-state index is 0.0256. The fourth-order valence-electron chi connectivity index (χ4n) is 4.26. The number of nitrogens with zero attached hydrogens (tertiary/aromatic N) is 3. The molecule has 16 heteroatoms. The lowest BCUT2D eigenvalue weighted by Gasteiger charge is -2.14. The quantitative estimate of drug-likeness (QED) is 0.128. The molecule has 1 aliphatic heterocycles. The van der Waals surface area contributed by atoms with Crippen LogP contribution in [-0.4, -0.2) is 59.9 Å². The first-order valence-corrected chi connectivity index (χ1v) is 15.8. The first-order valence-electron chi connectivity index (χ1n) is 12.9. The van der Waals surface area contributed by atoms with Gasteiger partial charge in [0.1, 0.15) is 9.79 Å². The van der Waals surface area contributed by atoms with Crippen LogP contribution in [0.25, 0.3) is 11.8 Å². The SMILES string of the molecule is CCOC(=O)C1=NN(c2ccccc2S(=O)(=O)O)C(=O)C1=CC=CC=Cc1c(CC)[nH]n(-c2ccccc2S(=O)(=O)O)c1=O. The molecule has 0 spiro atoms. The Balaban J connectivity index is 1.67. The minimum atomic E-state index is -4.74. The molecule has 4 rings (SSSR count). The third-order valence-electron chi connectivity index (χ3n) is 6.21. The number of aromatic amines is 1. The zero-order valence-electron chi connectivity index (χ0n) is 23.2. The average molecular weight is 643 g/mol. The van der Waals surface area contributed by atoms with Crippen LogP contribution < -0.4 is 10.6 Å². The Morgan fingerprint density at radius 3 is 2.09 bits per heavy atom. The molecule has 1 aliphatic rings. The summed E-state index contributed by atoms with van der Waals surface area (Å²) in [6.45, 7) is 3.30. The summed E-state index contributed by atoms with van der Waals surface area (Å²) in [5, 5.41) is 7.49. The fraction of sp³-hybridized carbons (Fsp3) is 0.143. The van der Waals surface area contributed by atoms with Gasteiger partial charge < -0.3 is 4.74 Å². The normalized spacial score (nSPS) is 15.1. The number of allylic oxidation sites excluding steroid dienone is 4. The van der Waals surface area contributed by atoms with Crippen molar-refractivity contribution in [1.29, 1.82) is 0 Å². The van der Waals surface area contributed by atoms with E-state index < -0.39 is 53.2 Å². The molecule has 0 aliphatic carbocycles. The summed E-state index contributed by atoms with van der Waals surface area (Å²) >= 11 is 0. The number of rotatable bonds is 10. The number of carbonyl (C=O) groups is 2. The van der Waals surface area contributed by atoms with Gasteiger partial charge in [-0.3, -0.25) is 23.8 Å². The van der Waals surface area contributed by atoms with Gasteiger partial charge >= 0.3 is 5.97 Å². The first kappa shape index (κ1) is 32.0. The number of hydrazone groups is 1. The number of aryl methyl sites for hydroxylation is 1. The number of amides is 1. The molecule has 3 N–H and O–H groups in total. The summed E-state index contributed by atoms with van der Waals surface area (Å²) in [6.07, 6.45) is 7.35. The zero-order chi connectivity index (χ0) is 32.2. The Morgan fingerprint density at radius 1 is 0.909 bits per heavy atom. The highest BCUT2D eigenvalue weighted by atomic mass is 32.2. The second kappa shape index (κ2) is 12.8. The summed E-state index contributed by atoms with van der Waals surface area (Å²) in [7, 11) is -9.36. The van der Waals surface area contributed by atoms with Crippen molar-refractivity contribution in [2.45, 2.75) is 30.1 Å². The van der Waals surface area contributed by atoms with Crippen LogP contribution in [0.4, 0.5) is 5.69 Å². The van der Waals surface area contributed by atoms with Crippen LogP contribution in [0.3, 0.4) is 0 Å². The van der Waals surface area contributed by atoms with E-state index in [-0.39, 0.29) is 29.1 Å². The number of benzene rings is 2. The Kier molecular flexibility index (Phi) is 9.29. The van der Waals surface area contributed by atoms with Crippen LogP contribution in [0.1, 0.15) is 25.1 Å². The summed E-state index contributed by atoms with van der Waals surface area (Å²) in [5.74, 6) is -1.80. The van der Waals surface area contributed by atoms with Crippen molar-refractivity contribution < 1.29 is 40.3 Å². The molecule has 0 atom stereocenters. The summed E-state index contributed by atoms with van der Waals surface area (Å²) in [5.41, 5.74) is -0.876. The standard InChI is InChI=1S/C28H26N4O10S2/c1-3-20-18(26(33)31(29-20)21-14-8-10-16-23(21)43(36,37)38)12-6-5-7-13-19-25(28(35)42-4-2)30-32(27(19)34)22-15-9-11-17-24(22)44(39,40)41/h5-17,29H,3-4H2,1-2H3,(H,36,37,38)(H,39,40,41). The van der Waals surface area contributed by atoms with E-state index in [1.165, 1.54) is 66.8 Å². The predicted molar refractivity (Wildman–Crippen MR) is 160 cm³/mol. The van der Waals surface area contributed by atoms with Gasteiger partial charge in [0.25, 0.3) is 31.7 Å². The number of esters is 1. The number of para-hydroxylation sites is 2. The smallest absolute Gasteiger partial charge is 0.359 e. The molecule has 1 aromatic heterocycles. The number of ether oxygens (including phenoxy) is 1. The lowest BCUT2D eigenvalue weighted by molar-refractivity contribution is -0.135. The lowest BCUT2D eigenvalue weighted by Crippen LogP contribution is -2.24. The van der Waals surface area contributed by atoms with Crippen LogP contribution in [-0.2, 0) is 41.0 Å². The Hall–Kier alpha value is -4.90. The topological polar surface area (TPSA) is 205 Å². The van der Waals surface area contributed by atoms with E-state index in [4.69, 9.17) is 4.74 Å². The van der Waals surface area contributed by atoms with E-state index in [1.807, 2.05) is 0 Å². The molecule has 230 valence electrons. The number of nitrogens with one attached hydrogen (secondary N) is 1. The Morgan fingerprint density at radius 2 is 1.50 bits per heavy atom. The maximum absolute atomic E-state index is 13.3. The molecular formula is C28H26N4O10S2. The van der Waals surface area contributed by atoms with Crippen LogP contribution in [0.2, 0.25) is 0 Å². The van der Waals surface area contributed by atoms with Gasteiger partial charge in [0.15, 0.2) is 5.71 Å². The molecule has 44 heavy (non-hydrogen) atoms. The third-order valence-corrected chi connectivity index (χ3v) is 8.01. The van der Waals surface area contributed by atoms with Crippen molar-refractivity contribution in [2.24, 2.45) is 5.10 Å². The van der Waals surface area contributed by atoms with Gasteiger partial charge in [0, 0.05) is 5.69 Å². The molecule has 3 aromatic rings. The molecule has 0 unspecified atom stereocenters. The van der Waals surface area contributed by atoms with Gasteiger partial charge in [0.2, 0.25) is 0 Å². The van der Waals surface area contributed by atoms with Crippen molar-refractivity contribution in [3.63, 3.8) is 0 Å². The van der Waals surface area contributed by atoms with E-state index in [0.717, 1.165) is 16.8 Å². The van der Waals surface area contributed by atoms with E-state index in [9.17, 15) is 40.3 Å². The minimum Gasteiger partial charge on any atom is -0.461 e. The zero-order valence-corrected chi connectivity index (χ0v) is 24.9. The molecule has 0 radical (unpaired) electrons. The maximum Gasteiger partial charge on any atom is 0.359 e. The summed E-state index contributed by atoms with van der Waals surface area (Å²) in [6, 6.07) is 10.5. The Labute approximate surface area is 251 Å². The second-order valence-corrected chi connectivity index (χ2v) is 11.8. The van der Waals surface area contributed by atoms with E-state index in [2.05, 4.69) is 10.2 Å². The van der Waals surface area contributed by atoms with E-state index >= 15 is 0 Å². The molecule has 0 saturated heterocycles. The Bertz CT molecular complexity index is 2040. The van der Waals surface area contributed by atoms with Gasteiger partial charge in [0.05, 0.1) is 29.1 Å². The molecule has 0 saturated carbocycles. The average Bonchev–Trinajstić information content (AvgIpc) is 3.47. The number of anilines is 1. The van der Waals surface area contributed by atoms with Crippen molar-refractivity contribution in [1.82, 2.24) is 9.78 Å². The summed E-state index contributed by atoms with van der Waals surface area (Å²) in [4.78, 5) is 38.0. The number of H-pyrrole nitrogens is 1. The molecule has 14 nitrogen and oxygen atoms in total. The molecule has 2 heterocycles. The predicted octanol–water partition coefficient (Wildman–Crippen LogP) is 2.68. The van der Waals surface area contributed by atoms with Gasteiger partial charge in [-0.2, -0.15) is 26.9 Å². The molecule has 0 fully saturated rings. The lowest BCUT2D eigenvalue weighted by atomic mass is 10.1. The first-order chi connectivity index (χ1) is 20.8. The van der Waals surface area contributed by atoms with Gasteiger partial charge in [-0.15, -0.1) is 0 Å². The van der Waals surface area contributed by atoms with Gasteiger partial charge in [-0.05, 0) is 49.8 Å².